The van der Waals surface area contributed by atoms with Crippen molar-refractivity contribution in [3.05, 3.63) is 0 Å². The molecule has 0 atom stereocenters. The van der Waals surface area contributed by atoms with Crippen molar-refractivity contribution in [3.63, 3.8) is 0 Å². The number of carbonyl (C=O) groups excluding carboxylic acids is 3. The Morgan fingerprint density at radius 2 is 1.23 bits per heavy atom. The molecule has 9 heteroatoms. The Morgan fingerprint density at radius 1 is 0.839 bits per heavy atom. The Balaban J connectivity index is 0.000000591. The van der Waals surface area contributed by atoms with Crippen molar-refractivity contribution in [2.24, 2.45) is 11.8 Å². The Kier molecular flexibility index (Phi) is 13.4. The van der Waals surface area contributed by atoms with Gasteiger partial charge in [0.2, 0.25) is 11.8 Å². The lowest BCUT2D eigenvalue weighted by Crippen LogP contribution is -2.44. The minimum atomic E-state index is -0.465. The molecule has 2 aliphatic rings. The summed E-state index contributed by atoms with van der Waals surface area (Å²) in [6, 6.07) is 0. The van der Waals surface area contributed by atoms with Gasteiger partial charge in [0.15, 0.2) is 0 Å². The second-order valence-electron chi connectivity index (χ2n) is 9.23. The summed E-state index contributed by atoms with van der Waals surface area (Å²) in [5, 5.41) is 10.2. The van der Waals surface area contributed by atoms with Gasteiger partial charge in [-0.05, 0) is 59.5 Å². The number of ether oxygens (including phenoxy) is 1. The minimum absolute atomic E-state index is 0.0405. The molecule has 0 aromatic heterocycles. The third-order valence-electron chi connectivity index (χ3n) is 5.07. The van der Waals surface area contributed by atoms with Crippen LogP contribution in [0.15, 0.2) is 0 Å². The first kappa shape index (κ1) is 29.1. The van der Waals surface area contributed by atoms with Crippen molar-refractivity contribution >= 4 is 17.9 Å². The average Bonchev–Trinajstić information content (AvgIpc) is 2.74. The molecule has 0 aromatic rings. The van der Waals surface area contributed by atoms with E-state index in [1.54, 1.807) is 28.8 Å². The van der Waals surface area contributed by atoms with Gasteiger partial charge < -0.3 is 29.9 Å². The third-order valence-corrected chi connectivity index (χ3v) is 5.07. The molecule has 0 aromatic carbocycles. The number of nitrogens with zero attached hydrogens (tertiary/aromatic N) is 3. The summed E-state index contributed by atoms with van der Waals surface area (Å²) in [6.07, 6.45) is 3.15. The van der Waals surface area contributed by atoms with Gasteiger partial charge in [-0.1, -0.05) is 0 Å². The van der Waals surface area contributed by atoms with E-state index in [0.717, 1.165) is 45.9 Å². The topological polar surface area (TPSA) is 102 Å². The van der Waals surface area contributed by atoms with Gasteiger partial charge in [0.25, 0.3) is 0 Å². The highest BCUT2D eigenvalue weighted by molar-refractivity contribution is 5.79. The molecule has 2 N–H and O–H groups in total. The summed E-state index contributed by atoms with van der Waals surface area (Å²) >= 11 is 0. The molecular weight excluding hydrogens is 400 g/mol. The third kappa shape index (κ3) is 11.4. The van der Waals surface area contributed by atoms with Crippen LogP contribution in [0, 0.1) is 11.8 Å². The van der Waals surface area contributed by atoms with Gasteiger partial charge >= 0.3 is 6.09 Å². The summed E-state index contributed by atoms with van der Waals surface area (Å²) in [7, 11) is 8.18. The zero-order valence-corrected chi connectivity index (χ0v) is 20.7. The number of piperidine rings is 2. The molecule has 9 nitrogen and oxygen atoms in total. The molecule has 31 heavy (non-hydrogen) atoms. The van der Waals surface area contributed by atoms with Crippen molar-refractivity contribution in [3.8, 4) is 0 Å². The van der Waals surface area contributed by atoms with Crippen LogP contribution in [-0.2, 0) is 14.3 Å². The van der Waals surface area contributed by atoms with Crippen LogP contribution in [-0.4, -0.2) is 105 Å². The fraction of sp³-hybridized carbons (Fsp3) is 0.864. The van der Waals surface area contributed by atoms with E-state index < -0.39 is 5.60 Å². The number of hydrogen-bond acceptors (Lipinski definition) is 6. The molecule has 3 amide bonds. The van der Waals surface area contributed by atoms with E-state index in [-0.39, 0.29) is 29.7 Å². The average molecular weight is 445 g/mol. The van der Waals surface area contributed by atoms with E-state index in [1.165, 1.54) is 0 Å². The Morgan fingerprint density at radius 3 is 1.58 bits per heavy atom. The smallest absolute Gasteiger partial charge is 0.410 e. The number of amides is 3. The van der Waals surface area contributed by atoms with Crippen molar-refractivity contribution in [2.45, 2.75) is 52.1 Å². The lowest BCUT2D eigenvalue weighted by Gasteiger charge is -2.33. The molecule has 0 bridgehead atoms. The quantitative estimate of drug-likeness (QED) is 0.668. The lowest BCUT2D eigenvalue weighted by atomic mass is 9.96. The summed E-state index contributed by atoms with van der Waals surface area (Å²) in [5.74, 6) is 0.746. The number of rotatable bonds is 2. The highest BCUT2D eigenvalue weighted by atomic mass is 16.6. The van der Waals surface area contributed by atoms with Crippen LogP contribution < -0.4 is 5.32 Å². The number of hydrogen-bond donors (Lipinski definition) is 2. The van der Waals surface area contributed by atoms with E-state index in [2.05, 4.69) is 5.32 Å². The largest absolute Gasteiger partial charge is 0.444 e. The van der Waals surface area contributed by atoms with Gasteiger partial charge in [0, 0.05) is 60.2 Å². The second-order valence-corrected chi connectivity index (χ2v) is 9.23. The van der Waals surface area contributed by atoms with Gasteiger partial charge in [-0.3, -0.25) is 9.59 Å². The van der Waals surface area contributed by atoms with Crippen LogP contribution in [0.5, 0.6) is 0 Å². The second kappa shape index (κ2) is 14.2. The Bertz CT molecular complexity index is 547. The van der Waals surface area contributed by atoms with E-state index >= 15 is 0 Å². The minimum Gasteiger partial charge on any atom is -0.444 e. The summed E-state index contributed by atoms with van der Waals surface area (Å²) in [6.45, 7) is 8.74. The maximum absolute atomic E-state index is 11.8. The van der Waals surface area contributed by atoms with Crippen LogP contribution in [0.25, 0.3) is 0 Å². The molecular formula is C22H44N4O5. The van der Waals surface area contributed by atoms with E-state index in [9.17, 15) is 14.4 Å². The van der Waals surface area contributed by atoms with Gasteiger partial charge in [-0.15, -0.1) is 0 Å². The monoisotopic (exact) mass is 444 g/mol. The molecule has 2 aliphatic heterocycles. The SMILES string of the molecule is CN(C)C(=O)C1CCN(C(=O)OC(C)(C)C)CC1.CN(C)C(=O)C1CCNCC1.CO. The molecule has 0 radical (unpaired) electrons. The number of carbonyl (C=O) groups is 3. The van der Waals surface area contributed by atoms with Gasteiger partial charge in [0.05, 0.1) is 0 Å². The zero-order chi connectivity index (χ0) is 24.2. The molecule has 182 valence electrons. The fourth-order valence-corrected chi connectivity index (χ4v) is 3.43. The van der Waals surface area contributed by atoms with Crippen LogP contribution in [0.3, 0.4) is 0 Å². The van der Waals surface area contributed by atoms with Crippen molar-refractivity contribution in [2.75, 3.05) is 61.5 Å². The van der Waals surface area contributed by atoms with E-state index in [4.69, 9.17) is 9.84 Å². The molecule has 0 spiro atoms. The molecule has 0 aliphatic carbocycles. The normalized spacial score (nSPS) is 17.4. The van der Waals surface area contributed by atoms with Gasteiger partial charge in [0.1, 0.15) is 5.60 Å². The van der Waals surface area contributed by atoms with E-state index in [0.29, 0.717) is 13.1 Å². The first-order valence-corrected chi connectivity index (χ1v) is 11.0. The van der Waals surface area contributed by atoms with Crippen molar-refractivity contribution < 1.29 is 24.2 Å². The predicted molar refractivity (Wildman–Crippen MR) is 122 cm³/mol. The van der Waals surface area contributed by atoms with Gasteiger partial charge in [-0.25, -0.2) is 4.79 Å². The molecule has 2 saturated heterocycles. The van der Waals surface area contributed by atoms with Crippen LogP contribution in [0.4, 0.5) is 4.79 Å². The molecule has 2 rings (SSSR count). The Hall–Kier alpha value is -1.87. The first-order chi connectivity index (χ1) is 14.4. The maximum Gasteiger partial charge on any atom is 0.410 e. The molecule has 2 heterocycles. The standard InChI is InChI=1S/C13H24N2O3.C8H16N2O.CH4O/c1-13(2,3)18-12(17)15-8-6-10(7-9-15)11(16)14(4)5;1-10(2)8(11)7-3-5-9-6-4-7;1-2/h10H,6-9H2,1-5H3;7,9H,3-6H2,1-2H3;2H,1H3. The number of likely N-dealkylation sites (tertiary alicyclic amines) is 1. The predicted octanol–water partition coefficient (Wildman–Crippen LogP) is 1.40. The molecule has 0 unspecified atom stereocenters. The summed E-state index contributed by atoms with van der Waals surface area (Å²) in [5.41, 5.74) is -0.465. The first-order valence-electron chi connectivity index (χ1n) is 11.0. The highest BCUT2D eigenvalue weighted by Gasteiger charge is 2.30. The summed E-state index contributed by atoms with van der Waals surface area (Å²) < 4.78 is 5.31. The zero-order valence-electron chi connectivity index (χ0n) is 20.7. The number of aliphatic hydroxyl groups is 1. The van der Waals surface area contributed by atoms with E-state index in [1.807, 2.05) is 34.9 Å². The van der Waals surface area contributed by atoms with Crippen molar-refractivity contribution in [1.29, 1.82) is 0 Å². The van der Waals surface area contributed by atoms with Crippen LogP contribution >= 0.6 is 0 Å². The van der Waals surface area contributed by atoms with Crippen molar-refractivity contribution in [1.82, 2.24) is 20.0 Å². The lowest BCUT2D eigenvalue weighted by molar-refractivity contribution is -0.134. The number of aliphatic hydroxyl groups excluding tert-OH is 1. The van der Waals surface area contributed by atoms with Crippen LogP contribution in [0.1, 0.15) is 46.5 Å². The summed E-state index contributed by atoms with van der Waals surface area (Å²) in [4.78, 5) is 40.0. The molecule has 0 saturated carbocycles. The maximum atomic E-state index is 11.8. The van der Waals surface area contributed by atoms with Gasteiger partial charge in [-0.2, -0.15) is 0 Å². The molecule has 2 fully saturated rings. The van der Waals surface area contributed by atoms with Crippen LogP contribution in [0.2, 0.25) is 0 Å². The Labute approximate surface area is 188 Å². The fourth-order valence-electron chi connectivity index (χ4n) is 3.43. The number of nitrogens with one attached hydrogen (secondary N) is 1. The highest BCUT2D eigenvalue weighted by Crippen LogP contribution is 2.21.